The van der Waals surface area contributed by atoms with Gasteiger partial charge in [-0.3, -0.25) is 4.79 Å². The molecule has 3 nitrogen and oxygen atoms in total. The number of carbonyl (C=O) groups excluding carboxylic acids is 1. The first-order valence-electron chi connectivity index (χ1n) is 10.2. The van der Waals surface area contributed by atoms with Crippen molar-refractivity contribution in [3.63, 3.8) is 0 Å². The van der Waals surface area contributed by atoms with Crippen molar-refractivity contribution in [1.82, 2.24) is 0 Å². The third-order valence-electron chi connectivity index (χ3n) is 5.84. The van der Waals surface area contributed by atoms with Crippen LogP contribution in [-0.4, -0.2) is 23.3 Å². The summed E-state index contributed by atoms with van der Waals surface area (Å²) in [5, 5.41) is 9.84. The normalized spacial score (nSPS) is 26.7. The van der Waals surface area contributed by atoms with Crippen molar-refractivity contribution in [3.8, 4) is 0 Å². The number of hydrogen-bond donors (Lipinski definition) is 1. The Morgan fingerprint density at radius 3 is 2.53 bits per heavy atom. The molecule has 1 aliphatic carbocycles. The van der Waals surface area contributed by atoms with Crippen molar-refractivity contribution in [2.45, 2.75) is 71.8 Å². The highest BCUT2D eigenvalue weighted by Crippen LogP contribution is 2.52. The lowest BCUT2D eigenvalue weighted by molar-refractivity contribution is -0.156. The van der Waals surface area contributed by atoms with Gasteiger partial charge in [-0.25, -0.2) is 0 Å². The summed E-state index contributed by atoms with van der Waals surface area (Å²) in [5.41, 5.74) is 1.36. The summed E-state index contributed by atoms with van der Waals surface area (Å²) in [6.07, 6.45) is -0.233. The molecule has 6 heteroatoms. The van der Waals surface area contributed by atoms with Gasteiger partial charge in [-0.2, -0.15) is 13.2 Å². The van der Waals surface area contributed by atoms with Gasteiger partial charge in [0.15, 0.2) is 0 Å². The van der Waals surface area contributed by atoms with Crippen molar-refractivity contribution in [3.05, 3.63) is 53.1 Å². The highest BCUT2D eigenvalue weighted by atomic mass is 19.4. The van der Waals surface area contributed by atoms with Crippen LogP contribution in [0.5, 0.6) is 0 Å². The molecular formula is C24H29F3O3. The zero-order chi connectivity index (χ0) is 22.3. The van der Waals surface area contributed by atoms with E-state index in [1.807, 2.05) is 6.08 Å². The summed E-state index contributed by atoms with van der Waals surface area (Å²) in [7, 11) is 0. The van der Waals surface area contributed by atoms with Gasteiger partial charge in [-0.05, 0) is 58.6 Å². The molecule has 0 unspecified atom stereocenters. The number of rotatable bonds is 3. The van der Waals surface area contributed by atoms with Crippen molar-refractivity contribution in [2.24, 2.45) is 10.8 Å². The molecule has 3 rings (SSSR count). The lowest BCUT2D eigenvalue weighted by atomic mass is 9.61. The Balaban J connectivity index is 2.07. The van der Waals surface area contributed by atoms with Crippen LogP contribution in [0.25, 0.3) is 5.57 Å². The van der Waals surface area contributed by atoms with E-state index in [2.05, 4.69) is 27.7 Å². The third-order valence-corrected chi connectivity index (χ3v) is 5.84. The summed E-state index contributed by atoms with van der Waals surface area (Å²) in [6.45, 7) is 8.43. The number of halogens is 3. The molecule has 1 heterocycles. The molecule has 1 aromatic carbocycles. The van der Waals surface area contributed by atoms with Crippen LogP contribution in [0.4, 0.5) is 13.2 Å². The van der Waals surface area contributed by atoms with Crippen LogP contribution >= 0.6 is 0 Å². The predicted octanol–water partition coefficient (Wildman–Crippen LogP) is 5.93. The average Bonchev–Trinajstić information content (AvgIpc) is 2.57. The lowest BCUT2D eigenvalue weighted by Gasteiger charge is -2.43. The van der Waals surface area contributed by atoms with Gasteiger partial charge in [0, 0.05) is 6.42 Å². The zero-order valence-electron chi connectivity index (χ0n) is 17.8. The summed E-state index contributed by atoms with van der Waals surface area (Å²) in [4.78, 5) is 11.6. The maximum atomic E-state index is 13.3. The first kappa shape index (κ1) is 22.6. The number of cyclic esters (lactones) is 1. The molecule has 0 amide bonds. The average molecular weight is 422 g/mol. The highest BCUT2D eigenvalue weighted by molar-refractivity contribution is 5.74. The van der Waals surface area contributed by atoms with E-state index in [0.717, 1.165) is 23.6 Å². The van der Waals surface area contributed by atoms with Crippen molar-refractivity contribution >= 4 is 11.5 Å². The van der Waals surface area contributed by atoms with E-state index in [-0.39, 0.29) is 17.3 Å². The largest absolute Gasteiger partial charge is 0.458 e. The van der Waals surface area contributed by atoms with Crippen LogP contribution in [0.15, 0.2) is 42.0 Å². The molecule has 0 spiro atoms. The molecule has 1 N–H and O–H groups in total. The Morgan fingerprint density at radius 2 is 1.90 bits per heavy atom. The second-order valence-corrected chi connectivity index (χ2v) is 9.85. The Bertz CT molecular complexity index is 878. The molecular weight excluding hydrogens is 393 g/mol. The number of carbonyl (C=O) groups is 1. The minimum absolute atomic E-state index is 0.0117. The molecule has 164 valence electrons. The van der Waals surface area contributed by atoms with E-state index in [0.29, 0.717) is 18.4 Å². The first-order valence-corrected chi connectivity index (χ1v) is 10.2. The number of alkyl halides is 3. The van der Waals surface area contributed by atoms with Crippen LogP contribution in [0, 0.1) is 10.8 Å². The SMILES string of the molecule is CC1(C)CC(c2cccc(C(F)(F)F)c2)=C(/C=C/[C@@H]2C[C@@H](O)CC(=O)O2)C(C)(C)C1. The first-order chi connectivity index (χ1) is 13.8. The van der Waals surface area contributed by atoms with Crippen molar-refractivity contribution in [2.75, 3.05) is 0 Å². The lowest BCUT2D eigenvalue weighted by Crippen LogP contribution is -2.32. The van der Waals surface area contributed by atoms with Gasteiger partial charge in [-0.1, -0.05) is 45.9 Å². The fraction of sp³-hybridized carbons (Fsp3) is 0.542. The van der Waals surface area contributed by atoms with E-state index in [1.54, 1.807) is 12.1 Å². The number of allylic oxidation sites excluding steroid dienone is 3. The summed E-state index contributed by atoms with van der Waals surface area (Å²) in [5.74, 6) is -0.445. The molecule has 1 saturated heterocycles. The Hall–Kier alpha value is -2.08. The minimum Gasteiger partial charge on any atom is -0.458 e. The number of hydrogen-bond acceptors (Lipinski definition) is 3. The van der Waals surface area contributed by atoms with E-state index in [4.69, 9.17) is 4.74 Å². The fourth-order valence-electron chi connectivity index (χ4n) is 4.93. The van der Waals surface area contributed by atoms with Crippen LogP contribution in [0.2, 0.25) is 0 Å². The Kier molecular flexibility index (Phi) is 5.93. The monoisotopic (exact) mass is 422 g/mol. The molecule has 0 aromatic heterocycles. The predicted molar refractivity (Wildman–Crippen MR) is 109 cm³/mol. The molecule has 0 saturated carbocycles. The number of benzene rings is 1. The van der Waals surface area contributed by atoms with E-state index in [9.17, 15) is 23.1 Å². The summed E-state index contributed by atoms with van der Waals surface area (Å²) < 4.78 is 45.2. The Morgan fingerprint density at radius 1 is 1.20 bits per heavy atom. The van der Waals surface area contributed by atoms with Gasteiger partial charge in [0.1, 0.15) is 6.10 Å². The summed E-state index contributed by atoms with van der Waals surface area (Å²) in [6, 6.07) is 5.47. The summed E-state index contributed by atoms with van der Waals surface area (Å²) >= 11 is 0. The number of aliphatic hydroxyl groups excluding tert-OH is 1. The van der Waals surface area contributed by atoms with Crippen molar-refractivity contribution in [1.29, 1.82) is 0 Å². The van der Waals surface area contributed by atoms with Crippen LogP contribution in [0.3, 0.4) is 0 Å². The van der Waals surface area contributed by atoms with Gasteiger partial charge >= 0.3 is 12.1 Å². The smallest absolute Gasteiger partial charge is 0.416 e. The molecule has 0 radical (unpaired) electrons. The van der Waals surface area contributed by atoms with Crippen molar-refractivity contribution < 1.29 is 27.8 Å². The number of ether oxygens (including phenoxy) is 1. The van der Waals surface area contributed by atoms with Gasteiger partial charge in [0.25, 0.3) is 0 Å². The molecule has 0 bridgehead atoms. The highest BCUT2D eigenvalue weighted by Gasteiger charge is 2.39. The van der Waals surface area contributed by atoms with Gasteiger partial charge in [-0.15, -0.1) is 0 Å². The molecule has 2 atom stereocenters. The van der Waals surface area contributed by atoms with Crippen LogP contribution in [0.1, 0.15) is 64.5 Å². The number of aliphatic hydroxyl groups is 1. The van der Waals surface area contributed by atoms with Crippen LogP contribution in [-0.2, 0) is 15.7 Å². The molecule has 1 aliphatic heterocycles. The molecule has 2 aliphatic rings. The topological polar surface area (TPSA) is 46.5 Å². The fourth-order valence-corrected chi connectivity index (χ4v) is 4.93. The standard InChI is InChI=1S/C24H29F3O3/c1-22(2)13-19(15-6-5-7-16(10-15)24(25,26)27)20(23(3,4)14-22)9-8-18-11-17(28)12-21(29)30-18/h5-10,17-18,28H,11-14H2,1-4H3/b9-8+/t17-,18-/m1/s1. The minimum atomic E-state index is -4.40. The maximum Gasteiger partial charge on any atom is 0.416 e. The molecule has 30 heavy (non-hydrogen) atoms. The number of esters is 1. The second-order valence-electron chi connectivity index (χ2n) is 9.85. The zero-order valence-corrected chi connectivity index (χ0v) is 17.8. The second kappa shape index (κ2) is 7.88. The van der Waals surface area contributed by atoms with E-state index in [1.165, 1.54) is 12.1 Å². The quantitative estimate of drug-likeness (QED) is 0.615. The Labute approximate surface area is 175 Å². The third kappa shape index (κ3) is 5.15. The molecule has 1 aromatic rings. The van der Waals surface area contributed by atoms with E-state index < -0.39 is 29.9 Å². The maximum absolute atomic E-state index is 13.3. The van der Waals surface area contributed by atoms with Gasteiger partial charge in [0.05, 0.1) is 18.1 Å². The van der Waals surface area contributed by atoms with Crippen LogP contribution < -0.4 is 0 Å². The van der Waals surface area contributed by atoms with Gasteiger partial charge < -0.3 is 9.84 Å². The molecule has 1 fully saturated rings. The van der Waals surface area contributed by atoms with Gasteiger partial charge in [0.2, 0.25) is 0 Å². The van der Waals surface area contributed by atoms with E-state index >= 15 is 0 Å².